The molecule has 0 atom stereocenters. The second-order valence-corrected chi connectivity index (χ2v) is 6.44. The van der Waals surface area contributed by atoms with Crippen molar-refractivity contribution < 1.29 is 14.3 Å². The zero-order valence-electron chi connectivity index (χ0n) is 12.5. The fourth-order valence-corrected chi connectivity index (χ4v) is 3.36. The molecule has 0 aromatic carbocycles. The number of nitrogens with zero attached hydrogens (tertiary/aromatic N) is 3. The molecular formula is C14H21N3O3S. The average Bonchev–Trinajstić information content (AvgIpc) is 2.86. The predicted molar refractivity (Wildman–Crippen MR) is 79.3 cm³/mol. The summed E-state index contributed by atoms with van der Waals surface area (Å²) in [7, 11) is 0. The number of aryl methyl sites for hydroxylation is 1. The van der Waals surface area contributed by atoms with E-state index in [1.165, 1.54) is 0 Å². The van der Waals surface area contributed by atoms with E-state index in [4.69, 9.17) is 4.74 Å². The van der Waals surface area contributed by atoms with E-state index in [-0.39, 0.29) is 12.2 Å². The summed E-state index contributed by atoms with van der Waals surface area (Å²) in [4.78, 5) is 25.2. The summed E-state index contributed by atoms with van der Waals surface area (Å²) in [6.45, 7) is 6.07. The zero-order chi connectivity index (χ0) is 15.2. The van der Waals surface area contributed by atoms with E-state index in [2.05, 4.69) is 15.1 Å². The molecule has 1 saturated heterocycles. The van der Waals surface area contributed by atoms with Crippen molar-refractivity contribution in [1.82, 2.24) is 15.1 Å². The van der Waals surface area contributed by atoms with Crippen LogP contribution in [-0.4, -0.2) is 53.1 Å². The number of ether oxygens (including phenoxy) is 1. The molecule has 1 aliphatic rings. The fourth-order valence-electron chi connectivity index (χ4n) is 2.49. The van der Waals surface area contributed by atoms with Crippen LogP contribution >= 0.6 is 11.3 Å². The highest BCUT2D eigenvalue weighted by Crippen LogP contribution is 2.29. The molecule has 1 aromatic heterocycles. The average molecular weight is 311 g/mol. The maximum atomic E-state index is 11.8. The molecule has 6 nitrogen and oxygen atoms in total. The number of Topliss-reactive ketones (excluding diaryl/α,β-unsaturated/α-hetero) is 1. The van der Waals surface area contributed by atoms with Gasteiger partial charge in [0.2, 0.25) is 0 Å². The molecule has 2 rings (SSSR count). The molecule has 2 heterocycles. The van der Waals surface area contributed by atoms with Crippen LogP contribution in [0.25, 0.3) is 0 Å². The van der Waals surface area contributed by atoms with Crippen molar-refractivity contribution in [2.75, 3.05) is 26.2 Å². The Morgan fingerprint density at radius 1 is 1.33 bits per heavy atom. The highest BCUT2D eigenvalue weighted by Gasteiger charge is 2.24. The minimum Gasteiger partial charge on any atom is -0.466 e. The maximum Gasteiger partial charge on any atom is 0.313 e. The summed E-state index contributed by atoms with van der Waals surface area (Å²) in [5.74, 6) is -0.0482. The first-order valence-electron chi connectivity index (χ1n) is 7.28. The van der Waals surface area contributed by atoms with Crippen LogP contribution in [0.15, 0.2) is 0 Å². The summed E-state index contributed by atoms with van der Waals surface area (Å²) in [6, 6.07) is 0. The van der Waals surface area contributed by atoms with Gasteiger partial charge in [-0.05, 0) is 39.8 Å². The quantitative estimate of drug-likeness (QED) is 0.586. The lowest BCUT2D eigenvalue weighted by Crippen LogP contribution is -2.37. The molecule has 1 aliphatic heterocycles. The lowest BCUT2D eigenvalue weighted by molar-refractivity contribution is -0.145. The van der Waals surface area contributed by atoms with Gasteiger partial charge in [0.25, 0.3) is 0 Å². The minimum atomic E-state index is -0.429. The molecule has 0 unspecified atom stereocenters. The Morgan fingerprint density at radius 3 is 2.62 bits per heavy atom. The molecular weight excluding hydrogens is 290 g/mol. The van der Waals surface area contributed by atoms with Gasteiger partial charge in [0.15, 0.2) is 5.78 Å². The summed E-state index contributed by atoms with van der Waals surface area (Å²) in [5.41, 5.74) is 0. The highest BCUT2D eigenvalue weighted by atomic mass is 32.1. The van der Waals surface area contributed by atoms with Crippen LogP contribution < -0.4 is 0 Å². The summed E-state index contributed by atoms with van der Waals surface area (Å²) in [6.07, 6.45) is 1.85. The van der Waals surface area contributed by atoms with E-state index in [0.717, 1.165) is 35.9 Å². The number of likely N-dealkylation sites (tertiary alicyclic amines) is 1. The Morgan fingerprint density at radius 2 is 2.05 bits per heavy atom. The molecule has 116 valence electrons. The van der Waals surface area contributed by atoms with Crippen molar-refractivity contribution in [3.63, 3.8) is 0 Å². The van der Waals surface area contributed by atoms with Crippen LogP contribution in [-0.2, 0) is 14.3 Å². The highest BCUT2D eigenvalue weighted by molar-refractivity contribution is 7.11. The molecule has 21 heavy (non-hydrogen) atoms. The summed E-state index contributed by atoms with van der Waals surface area (Å²) < 4.78 is 4.79. The van der Waals surface area contributed by atoms with Gasteiger partial charge in [-0.1, -0.05) is 0 Å². The molecule has 0 aliphatic carbocycles. The SMILES string of the molecule is CCOC(=O)CC(=O)CN1CCC(c2nnc(C)s2)CC1. The molecule has 0 saturated carbocycles. The first-order valence-corrected chi connectivity index (χ1v) is 8.09. The molecule has 0 bridgehead atoms. The molecule has 1 aromatic rings. The van der Waals surface area contributed by atoms with E-state index < -0.39 is 5.97 Å². The molecule has 0 spiro atoms. The lowest BCUT2D eigenvalue weighted by atomic mass is 9.97. The van der Waals surface area contributed by atoms with Crippen LogP contribution in [0.1, 0.15) is 42.1 Å². The number of rotatable bonds is 6. The van der Waals surface area contributed by atoms with E-state index >= 15 is 0 Å². The number of esters is 1. The Kier molecular flexibility index (Phi) is 5.81. The first-order chi connectivity index (χ1) is 10.1. The number of hydrogen-bond acceptors (Lipinski definition) is 7. The van der Waals surface area contributed by atoms with Gasteiger partial charge in [0, 0.05) is 5.92 Å². The van der Waals surface area contributed by atoms with Gasteiger partial charge < -0.3 is 4.74 Å². The Hall–Kier alpha value is -1.34. The molecule has 0 radical (unpaired) electrons. The molecule has 7 heteroatoms. The predicted octanol–water partition coefficient (Wildman–Crippen LogP) is 1.55. The zero-order valence-corrected chi connectivity index (χ0v) is 13.3. The van der Waals surface area contributed by atoms with E-state index in [1.54, 1.807) is 18.3 Å². The normalized spacial score (nSPS) is 16.9. The van der Waals surface area contributed by atoms with Gasteiger partial charge in [-0.15, -0.1) is 21.5 Å². The second kappa shape index (κ2) is 7.61. The van der Waals surface area contributed by atoms with Crippen LogP contribution in [0.4, 0.5) is 0 Å². The maximum absolute atomic E-state index is 11.8. The van der Waals surface area contributed by atoms with Crippen molar-refractivity contribution in [2.24, 2.45) is 0 Å². The van der Waals surface area contributed by atoms with Crippen molar-refractivity contribution >= 4 is 23.1 Å². The van der Waals surface area contributed by atoms with E-state index in [1.807, 2.05) is 6.92 Å². The van der Waals surface area contributed by atoms with Crippen LogP contribution in [0.3, 0.4) is 0 Å². The largest absolute Gasteiger partial charge is 0.466 e. The van der Waals surface area contributed by atoms with E-state index in [9.17, 15) is 9.59 Å². The summed E-state index contributed by atoms with van der Waals surface area (Å²) in [5, 5.41) is 10.4. The monoisotopic (exact) mass is 311 g/mol. The fraction of sp³-hybridized carbons (Fsp3) is 0.714. The van der Waals surface area contributed by atoms with Crippen molar-refractivity contribution in [1.29, 1.82) is 0 Å². The summed E-state index contributed by atoms with van der Waals surface area (Å²) >= 11 is 1.65. The third-order valence-corrected chi connectivity index (χ3v) is 4.53. The number of hydrogen-bond donors (Lipinski definition) is 0. The van der Waals surface area contributed by atoms with Gasteiger partial charge in [0.05, 0.1) is 13.2 Å². The molecule has 0 amide bonds. The second-order valence-electron chi connectivity index (χ2n) is 5.23. The smallest absolute Gasteiger partial charge is 0.313 e. The third kappa shape index (κ3) is 4.86. The van der Waals surface area contributed by atoms with Gasteiger partial charge in [-0.3, -0.25) is 14.5 Å². The van der Waals surface area contributed by atoms with Crippen molar-refractivity contribution in [2.45, 2.75) is 39.0 Å². The number of carbonyl (C=O) groups is 2. The van der Waals surface area contributed by atoms with Gasteiger partial charge in [-0.25, -0.2) is 0 Å². The Labute approximate surface area is 128 Å². The number of piperidine rings is 1. The first kappa shape index (κ1) is 16.0. The van der Waals surface area contributed by atoms with Crippen LogP contribution in [0, 0.1) is 6.92 Å². The number of carbonyl (C=O) groups excluding carboxylic acids is 2. The van der Waals surface area contributed by atoms with Crippen molar-refractivity contribution in [3.05, 3.63) is 10.0 Å². The van der Waals surface area contributed by atoms with Gasteiger partial charge in [0.1, 0.15) is 16.4 Å². The van der Waals surface area contributed by atoms with Crippen molar-refractivity contribution in [3.8, 4) is 0 Å². The topological polar surface area (TPSA) is 72.4 Å². The van der Waals surface area contributed by atoms with Gasteiger partial charge >= 0.3 is 5.97 Å². The Balaban J connectivity index is 1.74. The molecule has 1 fully saturated rings. The third-order valence-electron chi connectivity index (χ3n) is 3.53. The standard InChI is InChI=1S/C14H21N3O3S/c1-3-20-13(19)8-12(18)9-17-6-4-11(5-7-17)14-16-15-10(2)21-14/h11H,3-9H2,1-2H3. The Bertz CT molecular complexity index is 495. The number of aromatic nitrogens is 2. The minimum absolute atomic E-state index is 0.0707. The number of ketones is 1. The lowest BCUT2D eigenvalue weighted by Gasteiger charge is -2.30. The van der Waals surface area contributed by atoms with Gasteiger partial charge in [-0.2, -0.15) is 0 Å². The van der Waals surface area contributed by atoms with E-state index in [0.29, 0.717) is 19.1 Å². The molecule has 0 N–H and O–H groups in total. The van der Waals surface area contributed by atoms with Crippen LogP contribution in [0.2, 0.25) is 0 Å². The van der Waals surface area contributed by atoms with Crippen LogP contribution in [0.5, 0.6) is 0 Å².